The van der Waals surface area contributed by atoms with Gasteiger partial charge in [-0.05, 0) is 18.8 Å². The summed E-state index contributed by atoms with van der Waals surface area (Å²) < 4.78 is 0. The van der Waals surface area contributed by atoms with Gasteiger partial charge in [-0.1, -0.05) is 13.8 Å². The Labute approximate surface area is 206 Å². The van der Waals surface area contributed by atoms with Gasteiger partial charge < -0.3 is 42.6 Å². The van der Waals surface area contributed by atoms with Crippen molar-refractivity contribution in [2.75, 3.05) is 0 Å². The molecule has 0 fully saturated rings. The molecule has 4 amide bonds. The number of rotatable bonds is 16. The first-order chi connectivity index (χ1) is 16.8. The third-order valence-corrected chi connectivity index (χ3v) is 5.15. The van der Waals surface area contributed by atoms with E-state index in [9.17, 15) is 33.9 Å². The molecule has 0 saturated heterocycles. The minimum atomic E-state index is -1.42. The van der Waals surface area contributed by atoms with Gasteiger partial charge in [0.05, 0.1) is 12.4 Å². The number of amides is 4. The highest BCUT2D eigenvalue weighted by Gasteiger charge is 2.32. The van der Waals surface area contributed by atoms with Crippen molar-refractivity contribution in [1.29, 1.82) is 0 Å². The van der Waals surface area contributed by atoms with Crippen LogP contribution in [0.4, 0.5) is 0 Å². The molecule has 200 valence electrons. The Bertz CT molecular complexity index is 935. The summed E-state index contributed by atoms with van der Waals surface area (Å²) in [5.74, 6) is -6.27. The third-order valence-electron chi connectivity index (χ3n) is 5.15. The smallest absolute Gasteiger partial charge is 0.326 e. The lowest BCUT2D eigenvalue weighted by atomic mass is 10.0. The van der Waals surface area contributed by atoms with Crippen LogP contribution in [0, 0.1) is 5.92 Å². The van der Waals surface area contributed by atoms with Crippen molar-refractivity contribution >= 4 is 35.6 Å². The largest absolute Gasteiger partial charge is 0.481 e. The van der Waals surface area contributed by atoms with E-state index in [1.807, 2.05) is 0 Å². The highest BCUT2D eigenvalue weighted by Crippen LogP contribution is 2.08. The number of aromatic amines is 1. The van der Waals surface area contributed by atoms with E-state index in [1.165, 1.54) is 12.5 Å². The van der Waals surface area contributed by atoms with E-state index >= 15 is 0 Å². The van der Waals surface area contributed by atoms with Gasteiger partial charge in [0, 0.05) is 31.2 Å². The second-order valence-electron chi connectivity index (χ2n) is 8.52. The normalized spacial score (nSPS) is 14.2. The number of nitrogens with one attached hydrogen (secondary N) is 4. The van der Waals surface area contributed by atoms with Gasteiger partial charge in [-0.15, -0.1) is 0 Å². The topological polar surface area (TPSA) is 260 Å². The lowest BCUT2D eigenvalue weighted by Crippen LogP contribution is -2.58. The number of primary amides is 1. The summed E-state index contributed by atoms with van der Waals surface area (Å²) in [6.45, 7) is 3.18. The Morgan fingerprint density at radius 3 is 2.06 bits per heavy atom. The number of aromatic nitrogens is 2. The highest BCUT2D eigenvalue weighted by atomic mass is 16.4. The van der Waals surface area contributed by atoms with Gasteiger partial charge >= 0.3 is 11.9 Å². The summed E-state index contributed by atoms with van der Waals surface area (Å²) in [7, 11) is 0. The van der Waals surface area contributed by atoms with Crippen molar-refractivity contribution in [2.24, 2.45) is 17.4 Å². The Morgan fingerprint density at radius 1 is 0.944 bits per heavy atom. The van der Waals surface area contributed by atoms with E-state index in [0.717, 1.165) is 0 Å². The van der Waals surface area contributed by atoms with Crippen LogP contribution in [-0.2, 0) is 35.2 Å². The molecule has 1 aromatic heterocycles. The lowest BCUT2D eigenvalue weighted by molar-refractivity contribution is -0.143. The fourth-order valence-corrected chi connectivity index (χ4v) is 3.14. The van der Waals surface area contributed by atoms with E-state index in [0.29, 0.717) is 5.69 Å². The molecular weight excluding hydrogens is 478 g/mol. The number of nitrogens with zero attached hydrogens (tertiary/aromatic N) is 1. The SMILES string of the molecule is CC(C)C(NC(=O)C(CCC(=O)O)NC(=O)C(N)Cc1cnc[nH]1)C(=O)NC(CCC(N)=O)C(=O)O. The van der Waals surface area contributed by atoms with E-state index in [1.54, 1.807) is 13.8 Å². The van der Waals surface area contributed by atoms with Crippen LogP contribution in [-0.4, -0.2) is 79.9 Å². The van der Waals surface area contributed by atoms with Gasteiger partial charge in [-0.2, -0.15) is 0 Å². The Kier molecular flexibility index (Phi) is 12.0. The quantitative estimate of drug-likeness (QED) is 0.117. The van der Waals surface area contributed by atoms with Crippen molar-refractivity contribution in [3.63, 3.8) is 0 Å². The number of carbonyl (C=O) groups excluding carboxylic acids is 4. The third kappa shape index (κ3) is 10.5. The highest BCUT2D eigenvalue weighted by molar-refractivity contribution is 5.94. The Morgan fingerprint density at radius 2 is 1.56 bits per heavy atom. The molecule has 0 spiro atoms. The second-order valence-corrected chi connectivity index (χ2v) is 8.52. The van der Waals surface area contributed by atoms with E-state index in [2.05, 4.69) is 25.9 Å². The number of carbonyl (C=O) groups is 6. The number of carboxylic acids is 2. The minimum Gasteiger partial charge on any atom is -0.481 e. The Balaban J connectivity index is 2.93. The molecule has 4 atom stereocenters. The van der Waals surface area contributed by atoms with Gasteiger partial charge in [0.2, 0.25) is 23.6 Å². The molecule has 4 unspecified atom stereocenters. The fraction of sp³-hybridized carbons (Fsp3) is 0.571. The first-order valence-electron chi connectivity index (χ1n) is 11.2. The molecule has 0 aliphatic carbocycles. The molecule has 1 rings (SSSR count). The summed E-state index contributed by atoms with van der Waals surface area (Å²) >= 11 is 0. The van der Waals surface area contributed by atoms with Crippen molar-refractivity contribution in [1.82, 2.24) is 25.9 Å². The molecule has 1 aromatic rings. The van der Waals surface area contributed by atoms with E-state index in [4.69, 9.17) is 16.6 Å². The molecule has 15 heteroatoms. The molecule has 0 bridgehead atoms. The van der Waals surface area contributed by atoms with Gasteiger partial charge in [-0.25, -0.2) is 9.78 Å². The predicted molar refractivity (Wildman–Crippen MR) is 124 cm³/mol. The van der Waals surface area contributed by atoms with E-state index in [-0.39, 0.29) is 25.7 Å². The maximum absolute atomic E-state index is 13.0. The summed E-state index contributed by atoms with van der Waals surface area (Å²) in [6.07, 6.45) is 1.69. The van der Waals surface area contributed by atoms with Crippen molar-refractivity contribution in [3.05, 3.63) is 18.2 Å². The monoisotopic (exact) mass is 511 g/mol. The molecule has 0 radical (unpaired) electrons. The predicted octanol–water partition coefficient (Wildman–Crippen LogP) is -2.40. The number of carboxylic acid groups (broad SMARTS) is 2. The van der Waals surface area contributed by atoms with Crippen LogP contribution in [0.5, 0.6) is 0 Å². The van der Waals surface area contributed by atoms with Crippen LogP contribution in [0.25, 0.3) is 0 Å². The molecule has 10 N–H and O–H groups in total. The zero-order valence-corrected chi connectivity index (χ0v) is 20.0. The van der Waals surface area contributed by atoms with Crippen LogP contribution >= 0.6 is 0 Å². The molecule has 1 heterocycles. The van der Waals surface area contributed by atoms with Crippen LogP contribution in [0.15, 0.2) is 12.5 Å². The minimum absolute atomic E-state index is 0.0814. The molecule has 36 heavy (non-hydrogen) atoms. The van der Waals surface area contributed by atoms with Crippen LogP contribution < -0.4 is 27.4 Å². The van der Waals surface area contributed by atoms with E-state index < -0.39 is 72.1 Å². The zero-order valence-electron chi connectivity index (χ0n) is 20.0. The number of H-pyrrole nitrogens is 1. The molecule has 0 aromatic carbocycles. The number of hydrogen-bond donors (Lipinski definition) is 8. The zero-order chi connectivity index (χ0) is 27.4. The van der Waals surface area contributed by atoms with Crippen LogP contribution in [0.1, 0.15) is 45.2 Å². The summed E-state index contributed by atoms with van der Waals surface area (Å²) in [5, 5.41) is 25.4. The summed E-state index contributed by atoms with van der Waals surface area (Å²) in [5.41, 5.74) is 11.5. The molecule has 15 nitrogen and oxygen atoms in total. The summed E-state index contributed by atoms with van der Waals surface area (Å²) in [4.78, 5) is 78.3. The second kappa shape index (κ2) is 14.4. The first kappa shape index (κ1) is 30.0. The number of hydrogen-bond acceptors (Lipinski definition) is 8. The van der Waals surface area contributed by atoms with Crippen LogP contribution in [0.2, 0.25) is 0 Å². The standard InChI is InChI=1S/C21H33N7O8/c1-10(2)17(20(34)27-14(21(35)36)3-5-15(23)29)28-19(33)13(4-6-16(30)31)26-18(32)12(22)7-11-8-24-9-25-11/h8-10,12-14,17H,3-7,22H2,1-2H3,(H2,23,29)(H,24,25)(H,26,32)(H,27,34)(H,28,33)(H,30,31)(H,35,36). The van der Waals surface area contributed by atoms with Gasteiger partial charge in [0.15, 0.2) is 0 Å². The molecular formula is C21H33N7O8. The van der Waals surface area contributed by atoms with Crippen LogP contribution in [0.3, 0.4) is 0 Å². The van der Waals surface area contributed by atoms with Gasteiger partial charge in [-0.3, -0.25) is 24.0 Å². The number of imidazole rings is 1. The number of nitrogens with two attached hydrogens (primary N) is 2. The maximum atomic E-state index is 13.0. The van der Waals surface area contributed by atoms with Gasteiger partial charge in [0.1, 0.15) is 18.1 Å². The molecule has 0 aliphatic heterocycles. The molecule has 0 aliphatic rings. The lowest BCUT2D eigenvalue weighted by Gasteiger charge is -2.27. The van der Waals surface area contributed by atoms with Crippen molar-refractivity contribution < 1.29 is 39.0 Å². The summed E-state index contributed by atoms with van der Waals surface area (Å²) in [6, 6.07) is -5.06. The molecule has 0 saturated carbocycles. The average molecular weight is 512 g/mol. The average Bonchev–Trinajstić information content (AvgIpc) is 3.29. The van der Waals surface area contributed by atoms with Crippen molar-refractivity contribution in [3.8, 4) is 0 Å². The number of aliphatic carboxylic acids is 2. The fourth-order valence-electron chi connectivity index (χ4n) is 3.14. The Hall–Kier alpha value is -4.01. The first-order valence-corrected chi connectivity index (χ1v) is 11.2. The van der Waals surface area contributed by atoms with Crippen molar-refractivity contribution in [2.45, 2.75) is 70.1 Å². The van der Waals surface area contributed by atoms with Gasteiger partial charge in [0.25, 0.3) is 0 Å². The maximum Gasteiger partial charge on any atom is 0.326 e.